The van der Waals surface area contributed by atoms with Gasteiger partial charge in [0.05, 0.1) is 11.6 Å². The molecule has 122 valence electrons. The fourth-order valence-electron chi connectivity index (χ4n) is 2.22. The predicted octanol–water partition coefficient (Wildman–Crippen LogP) is 3.34. The number of nitrogens with zero attached hydrogens (tertiary/aromatic N) is 2. The first-order valence-electron chi connectivity index (χ1n) is 7.28. The second-order valence-corrected chi connectivity index (χ2v) is 5.70. The molecule has 0 unspecified atom stereocenters. The van der Waals surface area contributed by atoms with Gasteiger partial charge in [0, 0.05) is 23.0 Å². The fraction of sp³-hybridized carbons (Fsp3) is 0.118. The van der Waals surface area contributed by atoms with Crippen LogP contribution in [0, 0.1) is 0 Å². The van der Waals surface area contributed by atoms with Crippen LogP contribution in [-0.4, -0.2) is 22.1 Å². The van der Waals surface area contributed by atoms with E-state index in [9.17, 15) is 4.79 Å². The molecule has 0 aliphatic rings. The number of rotatable bonds is 4. The third kappa shape index (κ3) is 3.29. The van der Waals surface area contributed by atoms with Crippen molar-refractivity contribution in [3.05, 3.63) is 53.8 Å². The van der Waals surface area contributed by atoms with Crippen molar-refractivity contribution in [3.63, 3.8) is 0 Å². The van der Waals surface area contributed by atoms with Crippen LogP contribution in [0.2, 0.25) is 5.02 Å². The Hall–Kier alpha value is -2.70. The van der Waals surface area contributed by atoms with Gasteiger partial charge >= 0.3 is 0 Å². The Morgan fingerprint density at radius 1 is 1.25 bits per heavy atom. The van der Waals surface area contributed by atoms with Crippen LogP contribution in [-0.2, 0) is 4.79 Å². The zero-order valence-electron chi connectivity index (χ0n) is 12.9. The minimum Gasteiger partial charge on any atom is -0.337 e. The Labute approximate surface area is 143 Å². The summed E-state index contributed by atoms with van der Waals surface area (Å²) >= 11 is 6.07. The largest absolute Gasteiger partial charge is 0.337 e. The van der Waals surface area contributed by atoms with Gasteiger partial charge in [-0.15, -0.1) is 0 Å². The highest BCUT2D eigenvalue weighted by Gasteiger charge is 2.22. The van der Waals surface area contributed by atoms with Crippen molar-refractivity contribution in [3.8, 4) is 22.4 Å². The topological polar surface area (TPSA) is 94.0 Å². The third-order valence-corrected chi connectivity index (χ3v) is 3.64. The number of benzene rings is 1. The minimum atomic E-state index is -0.671. The molecule has 2 aromatic heterocycles. The van der Waals surface area contributed by atoms with Gasteiger partial charge in [-0.2, -0.15) is 0 Å². The van der Waals surface area contributed by atoms with Gasteiger partial charge in [-0.1, -0.05) is 28.9 Å². The van der Waals surface area contributed by atoms with Crippen molar-refractivity contribution >= 4 is 23.4 Å². The molecule has 3 aromatic rings. The lowest BCUT2D eigenvalue weighted by Crippen LogP contribution is -2.32. The number of hydrogen-bond donors (Lipinski definition) is 2. The smallest absolute Gasteiger partial charge is 0.243 e. The number of pyridine rings is 1. The van der Waals surface area contributed by atoms with E-state index < -0.39 is 6.04 Å². The van der Waals surface area contributed by atoms with Crippen LogP contribution in [0.3, 0.4) is 0 Å². The number of aromatic nitrogens is 2. The molecular weight excluding hydrogens is 328 g/mol. The number of anilines is 1. The second-order valence-electron chi connectivity index (χ2n) is 5.26. The molecule has 0 spiro atoms. The molecule has 0 aliphatic heterocycles. The molecule has 0 radical (unpaired) electrons. The quantitative estimate of drug-likeness (QED) is 0.758. The minimum absolute atomic E-state index is 0.235. The summed E-state index contributed by atoms with van der Waals surface area (Å²) in [5, 5.41) is 7.35. The van der Waals surface area contributed by atoms with E-state index in [1.54, 1.807) is 31.5 Å². The Balaban J connectivity index is 2.13. The summed E-state index contributed by atoms with van der Waals surface area (Å²) in [7, 11) is 0. The highest BCUT2D eigenvalue weighted by Crippen LogP contribution is 2.38. The number of halogens is 1. The van der Waals surface area contributed by atoms with Crippen molar-refractivity contribution in [2.45, 2.75) is 13.0 Å². The molecular formula is C17H15ClN4O2. The van der Waals surface area contributed by atoms with Gasteiger partial charge in [0.1, 0.15) is 5.69 Å². The number of hydrogen-bond acceptors (Lipinski definition) is 5. The lowest BCUT2D eigenvalue weighted by atomic mass is 10.0. The molecule has 0 aliphatic carbocycles. The van der Waals surface area contributed by atoms with Crippen LogP contribution in [0.5, 0.6) is 0 Å². The normalized spacial score (nSPS) is 12.0. The molecule has 0 saturated carbocycles. The molecule has 0 bridgehead atoms. The zero-order chi connectivity index (χ0) is 17.1. The Kier molecular flexibility index (Phi) is 4.59. The highest BCUT2D eigenvalue weighted by molar-refractivity contribution is 6.30. The van der Waals surface area contributed by atoms with E-state index in [0.29, 0.717) is 16.3 Å². The van der Waals surface area contributed by atoms with Gasteiger partial charge in [-0.05, 0) is 36.8 Å². The molecule has 3 N–H and O–H groups in total. The standard InChI is InChI=1S/C17H15ClN4O2/c1-10(19)16(23)21-17-14(11-5-7-20-8-6-11)15(22-24-17)12-3-2-4-13(18)9-12/h2-10H,19H2,1H3,(H,21,23)/t10-/m0/s1. The first-order valence-corrected chi connectivity index (χ1v) is 7.66. The molecule has 1 atom stereocenters. The van der Waals surface area contributed by atoms with E-state index in [-0.39, 0.29) is 11.8 Å². The Bertz CT molecular complexity index is 862. The van der Waals surface area contributed by atoms with Crippen LogP contribution in [0.4, 0.5) is 5.88 Å². The monoisotopic (exact) mass is 342 g/mol. The van der Waals surface area contributed by atoms with Gasteiger partial charge in [0.15, 0.2) is 0 Å². The molecule has 3 rings (SSSR count). The van der Waals surface area contributed by atoms with Gasteiger partial charge in [-0.3, -0.25) is 15.1 Å². The summed E-state index contributed by atoms with van der Waals surface area (Å²) in [6.07, 6.45) is 3.31. The third-order valence-electron chi connectivity index (χ3n) is 3.41. The first-order chi connectivity index (χ1) is 11.6. The maximum Gasteiger partial charge on any atom is 0.243 e. The second kappa shape index (κ2) is 6.82. The Morgan fingerprint density at radius 2 is 2.00 bits per heavy atom. The summed E-state index contributed by atoms with van der Waals surface area (Å²) in [6.45, 7) is 1.59. The van der Waals surface area contributed by atoms with Crippen LogP contribution < -0.4 is 11.1 Å². The molecule has 1 aromatic carbocycles. The van der Waals surface area contributed by atoms with Crippen LogP contribution >= 0.6 is 11.6 Å². The number of nitrogens with two attached hydrogens (primary N) is 1. The summed E-state index contributed by atoms with van der Waals surface area (Å²) in [5.41, 5.74) is 8.41. The number of nitrogens with one attached hydrogen (secondary N) is 1. The zero-order valence-corrected chi connectivity index (χ0v) is 13.6. The molecule has 0 saturated heterocycles. The molecule has 0 fully saturated rings. The van der Waals surface area contributed by atoms with Crippen molar-refractivity contribution in [2.75, 3.05) is 5.32 Å². The van der Waals surface area contributed by atoms with Gasteiger partial charge in [0.25, 0.3) is 0 Å². The summed E-state index contributed by atoms with van der Waals surface area (Å²) < 4.78 is 5.36. The van der Waals surface area contributed by atoms with Gasteiger partial charge in [0.2, 0.25) is 11.8 Å². The highest BCUT2D eigenvalue weighted by atomic mass is 35.5. The van der Waals surface area contributed by atoms with Crippen LogP contribution in [0.1, 0.15) is 6.92 Å². The predicted molar refractivity (Wildman–Crippen MR) is 92.5 cm³/mol. The van der Waals surface area contributed by atoms with E-state index >= 15 is 0 Å². The van der Waals surface area contributed by atoms with Crippen LogP contribution in [0.15, 0.2) is 53.3 Å². The molecule has 1 amide bonds. The lowest BCUT2D eigenvalue weighted by molar-refractivity contribution is -0.117. The molecule has 2 heterocycles. The molecule has 7 heteroatoms. The molecule has 6 nitrogen and oxygen atoms in total. The number of amides is 1. The number of carbonyl (C=O) groups is 1. The summed E-state index contributed by atoms with van der Waals surface area (Å²) in [4.78, 5) is 15.9. The van der Waals surface area contributed by atoms with Crippen molar-refractivity contribution < 1.29 is 9.32 Å². The van der Waals surface area contributed by atoms with E-state index in [1.807, 2.05) is 24.3 Å². The first kappa shape index (κ1) is 16.2. The fourth-order valence-corrected chi connectivity index (χ4v) is 2.41. The van der Waals surface area contributed by atoms with Crippen molar-refractivity contribution in [1.82, 2.24) is 10.1 Å². The van der Waals surface area contributed by atoms with Crippen molar-refractivity contribution in [1.29, 1.82) is 0 Å². The van der Waals surface area contributed by atoms with E-state index in [1.165, 1.54) is 0 Å². The average Bonchev–Trinajstić information content (AvgIpc) is 2.99. The van der Waals surface area contributed by atoms with Crippen molar-refractivity contribution in [2.24, 2.45) is 5.73 Å². The van der Waals surface area contributed by atoms with E-state index in [2.05, 4.69) is 15.5 Å². The van der Waals surface area contributed by atoms with Gasteiger partial charge in [-0.25, -0.2) is 0 Å². The van der Waals surface area contributed by atoms with Gasteiger partial charge < -0.3 is 10.3 Å². The van der Waals surface area contributed by atoms with E-state index in [0.717, 1.165) is 11.1 Å². The lowest BCUT2D eigenvalue weighted by Gasteiger charge is -2.08. The van der Waals surface area contributed by atoms with Crippen LogP contribution in [0.25, 0.3) is 22.4 Å². The molecule has 24 heavy (non-hydrogen) atoms. The number of carbonyl (C=O) groups excluding carboxylic acids is 1. The SMILES string of the molecule is C[C@H](N)C(=O)Nc1onc(-c2cccc(Cl)c2)c1-c1ccncc1. The maximum absolute atomic E-state index is 11.9. The summed E-state index contributed by atoms with van der Waals surface area (Å²) in [6, 6.07) is 10.2. The Morgan fingerprint density at radius 3 is 2.67 bits per heavy atom. The van der Waals surface area contributed by atoms with E-state index in [4.69, 9.17) is 21.9 Å². The maximum atomic E-state index is 11.9. The summed E-state index contributed by atoms with van der Waals surface area (Å²) in [5.74, 6) is -0.127. The average molecular weight is 343 g/mol.